The van der Waals surface area contributed by atoms with E-state index in [1.165, 1.54) is 23.1 Å². The first kappa shape index (κ1) is 28.2. The molecule has 2 aromatic rings. The topological polar surface area (TPSA) is 86.8 Å². The number of hydrogen-bond donors (Lipinski definition) is 1. The van der Waals surface area contributed by atoms with Crippen molar-refractivity contribution in [3.05, 3.63) is 63.1 Å². The van der Waals surface area contributed by atoms with Gasteiger partial charge < -0.3 is 10.2 Å². The molecule has 2 amide bonds. The van der Waals surface area contributed by atoms with Crippen molar-refractivity contribution < 1.29 is 18.0 Å². The number of anilines is 1. The van der Waals surface area contributed by atoms with Crippen LogP contribution in [0.15, 0.2) is 42.5 Å². The van der Waals surface area contributed by atoms with Crippen LogP contribution in [-0.2, 0) is 26.2 Å². The van der Waals surface area contributed by atoms with Gasteiger partial charge in [0.05, 0.1) is 17.0 Å². The van der Waals surface area contributed by atoms with Crippen LogP contribution in [0.3, 0.4) is 0 Å². The molecule has 0 saturated heterocycles. The van der Waals surface area contributed by atoms with Crippen molar-refractivity contribution in [3.63, 3.8) is 0 Å². The molecule has 0 aliphatic carbocycles. The average Bonchev–Trinajstić information content (AvgIpc) is 2.74. The number of hydrogen-bond acceptors (Lipinski definition) is 4. The van der Waals surface area contributed by atoms with Crippen LogP contribution in [0.1, 0.15) is 26.3 Å². The third-order valence-electron chi connectivity index (χ3n) is 4.98. The van der Waals surface area contributed by atoms with Gasteiger partial charge in [0, 0.05) is 23.1 Å². The average molecular weight is 549 g/mol. The van der Waals surface area contributed by atoms with Gasteiger partial charge in [-0.3, -0.25) is 13.9 Å². The van der Waals surface area contributed by atoms with Crippen LogP contribution in [0.2, 0.25) is 15.1 Å². The van der Waals surface area contributed by atoms with Gasteiger partial charge in [-0.05, 0) is 48.7 Å². The third-order valence-corrected chi connectivity index (χ3v) is 6.89. The number of sulfonamides is 1. The van der Waals surface area contributed by atoms with Gasteiger partial charge in [-0.1, -0.05) is 60.8 Å². The third kappa shape index (κ3) is 8.05. The number of halogens is 3. The molecule has 1 N–H and O–H groups in total. The van der Waals surface area contributed by atoms with Crippen molar-refractivity contribution in [2.45, 2.75) is 33.4 Å². The summed E-state index contributed by atoms with van der Waals surface area (Å²) in [5.74, 6) is -0.686. The van der Waals surface area contributed by atoms with Crippen LogP contribution in [0, 0.1) is 5.92 Å². The van der Waals surface area contributed by atoms with E-state index in [-0.39, 0.29) is 29.1 Å². The minimum atomic E-state index is -3.89. The summed E-state index contributed by atoms with van der Waals surface area (Å²) in [6.07, 6.45) is 0.980. The highest BCUT2D eigenvalue weighted by Gasteiger charge is 2.30. The molecule has 34 heavy (non-hydrogen) atoms. The summed E-state index contributed by atoms with van der Waals surface area (Å²) in [4.78, 5) is 27.6. The number of nitrogens with zero attached hydrogens (tertiary/aromatic N) is 2. The molecule has 0 aliphatic rings. The lowest BCUT2D eigenvalue weighted by molar-refractivity contribution is -0.139. The zero-order chi connectivity index (χ0) is 25.6. The van der Waals surface area contributed by atoms with Crippen molar-refractivity contribution in [3.8, 4) is 0 Å². The fourth-order valence-electron chi connectivity index (χ4n) is 3.10. The molecule has 186 valence electrons. The summed E-state index contributed by atoms with van der Waals surface area (Å²) < 4.78 is 26.1. The minimum Gasteiger partial charge on any atom is -0.354 e. The summed E-state index contributed by atoms with van der Waals surface area (Å²) in [5.41, 5.74) is 0.849. The van der Waals surface area contributed by atoms with Gasteiger partial charge in [0.1, 0.15) is 12.6 Å². The second-order valence-electron chi connectivity index (χ2n) is 8.33. The smallest absolute Gasteiger partial charge is 0.244 e. The standard InChI is InChI=1S/C23H28Cl3N3O4S/c1-15(2)12-27-23(31)16(3)28(13-17-5-7-18(24)8-6-17)22(30)14-29(34(4,32)33)21-10-9-19(25)11-20(21)26/h5-11,15-16H,12-14H2,1-4H3,(H,27,31). The quantitative estimate of drug-likeness (QED) is 0.470. The molecule has 0 fully saturated rings. The Morgan fingerprint density at radius 3 is 2.09 bits per heavy atom. The Kier molecular flexibility index (Phi) is 10.1. The maximum absolute atomic E-state index is 13.5. The summed E-state index contributed by atoms with van der Waals surface area (Å²) in [6.45, 7) is 5.50. The minimum absolute atomic E-state index is 0.0812. The van der Waals surface area contributed by atoms with Gasteiger partial charge in [0.25, 0.3) is 0 Å². The number of benzene rings is 2. The molecule has 2 rings (SSSR count). The van der Waals surface area contributed by atoms with Gasteiger partial charge in [-0.25, -0.2) is 8.42 Å². The highest BCUT2D eigenvalue weighted by Crippen LogP contribution is 2.30. The first-order valence-electron chi connectivity index (χ1n) is 10.5. The Morgan fingerprint density at radius 2 is 1.56 bits per heavy atom. The van der Waals surface area contributed by atoms with Crippen molar-refractivity contribution in [2.75, 3.05) is 23.7 Å². The molecule has 0 heterocycles. The number of amides is 2. The molecule has 7 nitrogen and oxygen atoms in total. The molecule has 2 aromatic carbocycles. The lowest BCUT2D eigenvalue weighted by atomic mass is 10.1. The van der Waals surface area contributed by atoms with Gasteiger partial charge in [-0.15, -0.1) is 0 Å². The molecule has 1 atom stereocenters. The monoisotopic (exact) mass is 547 g/mol. The van der Waals surface area contributed by atoms with Gasteiger partial charge >= 0.3 is 0 Å². The highest BCUT2D eigenvalue weighted by molar-refractivity contribution is 7.92. The molecule has 0 spiro atoms. The SMILES string of the molecule is CC(C)CNC(=O)C(C)N(Cc1ccc(Cl)cc1)C(=O)CN(c1ccc(Cl)cc1Cl)S(C)(=O)=O. The molecule has 1 unspecified atom stereocenters. The molecule has 0 aliphatic heterocycles. The number of nitrogens with one attached hydrogen (secondary N) is 1. The van der Waals surface area contributed by atoms with E-state index in [1.807, 2.05) is 13.8 Å². The van der Waals surface area contributed by atoms with Crippen molar-refractivity contribution in [1.82, 2.24) is 10.2 Å². The fraction of sp³-hybridized carbons (Fsp3) is 0.391. The summed E-state index contributed by atoms with van der Waals surface area (Å²) in [6, 6.07) is 10.3. The molecule has 0 bridgehead atoms. The molecular formula is C23H28Cl3N3O4S. The first-order valence-corrected chi connectivity index (χ1v) is 13.5. The zero-order valence-electron chi connectivity index (χ0n) is 19.4. The van der Waals surface area contributed by atoms with Gasteiger partial charge in [-0.2, -0.15) is 0 Å². The Bertz CT molecular complexity index is 1120. The van der Waals surface area contributed by atoms with E-state index < -0.39 is 28.5 Å². The van der Waals surface area contributed by atoms with Crippen LogP contribution < -0.4 is 9.62 Å². The fourth-order valence-corrected chi connectivity index (χ4v) is 4.65. The van der Waals surface area contributed by atoms with Crippen LogP contribution in [0.5, 0.6) is 0 Å². The molecular weight excluding hydrogens is 521 g/mol. The normalized spacial score (nSPS) is 12.4. The Hall–Kier alpha value is -2.00. The predicted octanol–water partition coefficient (Wildman–Crippen LogP) is 4.60. The second-order valence-corrected chi connectivity index (χ2v) is 11.5. The van der Waals surface area contributed by atoms with E-state index in [1.54, 1.807) is 31.2 Å². The highest BCUT2D eigenvalue weighted by atomic mass is 35.5. The molecule has 0 radical (unpaired) electrons. The van der Waals surface area contributed by atoms with E-state index >= 15 is 0 Å². The summed E-state index contributed by atoms with van der Waals surface area (Å²) in [7, 11) is -3.89. The molecule has 0 saturated carbocycles. The maximum Gasteiger partial charge on any atom is 0.244 e. The summed E-state index contributed by atoms with van der Waals surface area (Å²) >= 11 is 18.1. The van der Waals surface area contributed by atoms with E-state index in [4.69, 9.17) is 34.8 Å². The van der Waals surface area contributed by atoms with Crippen LogP contribution >= 0.6 is 34.8 Å². The largest absolute Gasteiger partial charge is 0.354 e. The second kappa shape index (κ2) is 12.1. The predicted molar refractivity (Wildman–Crippen MR) is 138 cm³/mol. The van der Waals surface area contributed by atoms with Gasteiger partial charge in [0.2, 0.25) is 21.8 Å². The zero-order valence-corrected chi connectivity index (χ0v) is 22.5. The molecule has 0 aromatic heterocycles. The summed E-state index contributed by atoms with van der Waals surface area (Å²) in [5, 5.41) is 3.76. The number of carbonyl (C=O) groups excluding carboxylic acids is 2. The first-order chi connectivity index (χ1) is 15.8. The lowest BCUT2D eigenvalue weighted by Crippen LogP contribution is -2.51. The van der Waals surface area contributed by atoms with E-state index in [0.29, 0.717) is 16.6 Å². The Labute approximate surface area is 216 Å². The molecule has 11 heteroatoms. The van der Waals surface area contributed by atoms with Crippen LogP contribution in [-0.4, -0.2) is 50.5 Å². The van der Waals surface area contributed by atoms with Crippen molar-refractivity contribution >= 4 is 62.3 Å². The number of rotatable bonds is 10. The maximum atomic E-state index is 13.5. The van der Waals surface area contributed by atoms with Crippen LogP contribution in [0.25, 0.3) is 0 Å². The number of carbonyl (C=O) groups is 2. The van der Waals surface area contributed by atoms with E-state index in [2.05, 4.69) is 5.32 Å². The lowest BCUT2D eigenvalue weighted by Gasteiger charge is -2.32. The van der Waals surface area contributed by atoms with Crippen LogP contribution in [0.4, 0.5) is 5.69 Å². The Balaban J connectivity index is 2.39. The van der Waals surface area contributed by atoms with E-state index in [0.717, 1.165) is 16.1 Å². The Morgan fingerprint density at radius 1 is 0.971 bits per heavy atom. The van der Waals surface area contributed by atoms with Gasteiger partial charge in [0.15, 0.2) is 0 Å². The van der Waals surface area contributed by atoms with E-state index in [9.17, 15) is 18.0 Å². The van der Waals surface area contributed by atoms with Crippen molar-refractivity contribution in [2.24, 2.45) is 5.92 Å². The van der Waals surface area contributed by atoms with Crippen molar-refractivity contribution in [1.29, 1.82) is 0 Å².